The molecule has 0 saturated heterocycles. The molecule has 0 saturated carbocycles. The summed E-state index contributed by atoms with van der Waals surface area (Å²) in [5, 5.41) is 11.0. The van der Waals surface area contributed by atoms with Gasteiger partial charge in [0.1, 0.15) is 4.21 Å². The number of thiophene rings is 1. The van der Waals surface area contributed by atoms with E-state index in [4.69, 9.17) is 11.6 Å². The van der Waals surface area contributed by atoms with E-state index in [1.807, 2.05) is 0 Å². The highest BCUT2D eigenvalue weighted by Crippen LogP contribution is 2.36. The highest BCUT2D eigenvalue weighted by atomic mass is 79.9. The second kappa shape index (κ2) is 6.21. The van der Waals surface area contributed by atoms with Gasteiger partial charge in [0.15, 0.2) is 0 Å². The van der Waals surface area contributed by atoms with E-state index in [1.54, 1.807) is 0 Å². The number of nitrogens with zero attached hydrogens (tertiary/aromatic N) is 1. The van der Waals surface area contributed by atoms with E-state index in [0.29, 0.717) is 8.81 Å². The molecule has 0 aliphatic heterocycles. The van der Waals surface area contributed by atoms with E-state index in [1.165, 1.54) is 24.3 Å². The van der Waals surface area contributed by atoms with Gasteiger partial charge in [-0.15, -0.1) is 11.3 Å². The van der Waals surface area contributed by atoms with E-state index >= 15 is 0 Å². The summed E-state index contributed by atoms with van der Waals surface area (Å²) in [6, 6.07) is 5.16. The largest absolute Gasteiger partial charge is 0.283 e. The average Bonchev–Trinajstić information content (AvgIpc) is 2.69. The van der Waals surface area contributed by atoms with Gasteiger partial charge in [0.25, 0.3) is 15.7 Å². The van der Waals surface area contributed by atoms with Gasteiger partial charge in [0.2, 0.25) is 0 Å². The molecule has 112 valence electrons. The third-order valence-corrected chi connectivity index (χ3v) is 7.25. The minimum atomic E-state index is -3.80. The standard InChI is InChI=1S/C10H5Br2ClN2O4S2/c11-6-3-5(1-2-8(6)15(16)17)14-21(18,19)9-4-7(13)10(12)20-9/h1-4,14H. The second-order valence-electron chi connectivity index (χ2n) is 3.72. The second-order valence-corrected chi connectivity index (χ2v) is 9.26. The quantitative estimate of drug-likeness (QED) is 0.514. The summed E-state index contributed by atoms with van der Waals surface area (Å²) in [5.74, 6) is 0. The summed E-state index contributed by atoms with van der Waals surface area (Å²) >= 11 is 12.9. The summed E-state index contributed by atoms with van der Waals surface area (Å²) in [6.45, 7) is 0. The summed E-state index contributed by atoms with van der Waals surface area (Å²) < 4.78 is 27.4. The number of nitro benzene ring substituents is 1. The smallest absolute Gasteiger partial charge is 0.279 e. The van der Waals surface area contributed by atoms with Crippen molar-refractivity contribution in [1.29, 1.82) is 0 Å². The molecule has 0 aliphatic rings. The van der Waals surface area contributed by atoms with Gasteiger partial charge in [-0.2, -0.15) is 0 Å². The van der Waals surface area contributed by atoms with Crippen molar-refractivity contribution in [1.82, 2.24) is 0 Å². The van der Waals surface area contributed by atoms with Gasteiger partial charge >= 0.3 is 0 Å². The lowest BCUT2D eigenvalue weighted by Gasteiger charge is -2.06. The first-order chi connectivity index (χ1) is 9.70. The van der Waals surface area contributed by atoms with E-state index in [-0.39, 0.29) is 20.1 Å². The van der Waals surface area contributed by atoms with Crippen molar-refractivity contribution >= 4 is 76.2 Å². The van der Waals surface area contributed by atoms with E-state index < -0.39 is 14.9 Å². The van der Waals surface area contributed by atoms with Crippen LogP contribution in [0, 0.1) is 10.1 Å². The third kappa shape index (κ3) is 3.75. The zero-order valence-corrected chi connectivity index (χ0v) is 15.4. The summed E-state index contributed by atoms with van der Waals surface area (Å²) in [4.78, 5) is 10.1. The maximum Gasteiger partial charge on any atom is 0.283 e. The van der Waals surface area contributed by atoms with E-state index in [9.17, 15) is 18.5 Å². The van der Waals surface area contributed by atoms with Crippen LogP contribution in [0.5, 0.6) is 0 Å². The molecule has 11 heteroatoms. The SMILES string of the molecule is O=[N+]([O-])c1ccc(NS(=O)(=O)c2cc(Cl)c(Br)s2)cc1Br. The molecule has 1 aromatic carbocycles. The highest BCUT2D eigenvalue weighted by molar-refractivity contribution is 9.11. The predicted octanol–water partition coefficient (Wildman–Crippen LogP) is 4.64. The minimum Gasteiger partial charge on any atom is -0.279 e. The molecule has 2 rings (SSSR count). The van der Waals surface area contributed by atoms with Crippen molar-refractivity contribution in [3.8, 4) is 0 Å². The number of hydrogen-bond acceptors (Lipinski definition) is 5. The molecule has 1 N–H and O–H groups in total. The van der Waals surface area contributed by atoms with Crippen LogP contribution in [0.3, 0.4) is 0 Å². The number of benzene rings is 1. The van der Waals surface area contributed by atoms with Crippen molar-refractivity contribution < 1.29 is 13.3 Å². The van der Waals surface area contributed by atoms with Crippen molar-refractivity contribution in [2.75, 3.05) is 4.72 Å². The molecule has 21 heavy (non-hydrogen) atoms. The molecule has 1 aromatic heterocycles. The number of sulfonamides is 1. The summed E-state index contributed by atoms with van der Waals surface area (Å²) in [5.41, 5.74) is 0.0491. The molecular weight excluding hydrogens is 472 g/mol. The number of rotatable bonds is 4. The molecule has 0 radical (unpaired) electrons. The minimum absolute atomic E-state index is 0.0360. The maximum atomic E-state index is 12.2. The lowest BCUT2D eigenvalue weighted by atomic mass is 10.3. The monoisotopic (exact) mass is 474 g/mol. The Bertz CT molecular complexity index is 803. The first-order valence-corrected chi connectivity index (χ1v) is 9.38. The molecule has 1 heterocycles. The van der Waals surface area contributed by atoms with Crippen molar-refractivity contribution in [2.45, 2.75) is 4.21 Å². The van der Waals surface area contributed by atoms with Crippen LogP contribution in [-0.2, 0) is 10.0 Å². The molecule has 0 spiro atoms. The van der Waals surface area contributed by atoms with Crippen LogP contribution in [0.2, 0.25) is 5.02 Å². The molecule has 0 aliphatic carbocycles. The van der Waals surface area contributed by atoms with Gasteiger partial charge in [-0.3, -0.25) is 14.8 Å². The van der Waals surface area contributed by atoms with Crippen LogP contribution in [0.4, 0.5) is 11.4 Å². The molecule has 2 aromatic rings. The van der Waals surface area contributed by atoms with Gasteiger partial charge in [-0.05, 0) is 50.1 Å². The Labute approximate surface area is 145 Å². The molecule has 0 bridgehead atoms. The first-order valence-electron chi connectivity index (χ1n) is 5.12. The maximum absolute atomic E-state index is 12.2. The fourth-order valence-corrected chi connectivity index (χ4v) is 5.35. The first kappa shape index (κ1) is 16.7. The van der Waals surface area contributed by atoms with Crippen LogP contribution in [0.1, 0.15) is 0 Å². The predicted molar refractivity (Wildman–Crippen MR) is 88.6 cm³/mol. The molecule has 0 atom stereocenters. The van der Waals surface area contributed by atoms with E-state index in [0.717, 1.165) is 11.3 Å². The highest BCUT2D eigenvalue weighted by Gasteiger charge is 2.20. The molecular formula is C10H5Br2ClN2O4S2. The van der Waals surface area contributed by atoms with Gasteiger partial charge in [0.05, 0.1) is 23.9 Å². The Balaban J connectivity index is 2.33. The van der Waals surface area contributed by atoms with Gasteiger partial charge in [0, 0.05) is 6.07 Å². The Hall–Kier alpha value is -0.680. The Morgan fingerprint density at radius 2 is 1.95 bits per heavy atom. The van der Waals surface area contributed by atoms with Crippen LogP contribution in [0.15, 0.2) is 36.7 Å². The van der Waals surface area contributed by atoms with E-state index in [2.05, 4.69) is 36.6 Å². The van der Waals surface area contributed by atoms with Crippen molar-refractivity contribution in [3.05, 3.63) is 47.7 Å². The number of hydrogen-bond donors (Lipinski definition) is 1. The normalized spacial score (nSPS) is 11.4. The molecule has 0 amide bonds. The fraction of sp³-hybridized carbons (Fsp3) is 0. The zero-order valence-electron chi connectivity index (χ0n) is 9.84. The van der Waals surface area contributed by atoms with Gasteiger partial charge in [-0.1, -0.05) is 11.6 Å². The van der Waals surface area contributed by atoms with Crippen LogP contribution in [-0.4, -0.2) is 13.3 Å². The Morgan fingerprint density at radius 1 is 1.29 bits per heavy atom. The van der Waals surface area contributed by atoms with Gasteiger partial charge in [-0.25, -0.2) is 8.42 Å². The van der Waals surface area contributed by atoms with Crippen molar-refractivity contribution in [2.24, 2.45) is 0 Å². The lowest BCUT2D eigenvalue weighted by molar-refractivity contribution is -0.385. The van der Waals surface area contributed by atoms with Crippen LogP contribution >= 0.6 is 54.8 Å². The van der Waals surface area contributed by atoms with Gasteiger partial charge < -0.3 is 0 Å². The number of halogens is 3. The summed E-state index contributed by atoms with van der Waals surface area (Å²) in [7, 11) is -3.80. The Kier molecular flexibility index (Phi) is 4.93. The number of anilines is 1. The topological polar surface area (TPSA) is 89.3 Å². The third-order valence-electron chi connectivity index (χ3n) is 2.28. The lowest BCUT2D eigenvalue weighted by Crippen LogP contribution is -2.11. The molecule has 6 nitrogen and oxygen atoms in total. The Morgan fingerprint density at radius 3 is 2.43 bits per heavy atom. The van der Waals surface area contributed by atoms with Crippen LogP contribution in [0.25, 0.3) is 0 Å². The molecule has 0 unspecified atom stereocenters. The number of nitro groups is 1. The van der Waals surface area contributed by atoms with Crippen LogP contribution < -0.4 is 4.72 Å². The average molecular weight is 477 g/mol. The number of nitrogens with one attached hydrogen (secondary N) is 1. The van der Waals surface area contributed by atoms with Crippen molar-refractivity contribution in [3.63, 3.8) is 0 Å². The molecule has 0 fully saturated rings. The summed E-state index contributed by atoms with van der Waals surface area (Å²) in [6.07, 6.45) is 0. The zero-order chi connectivity index (χ0) is 15.8. The fourth-order valence-electron chi connectivity index (χ4n) is 1.38.